The van der Waals surface area contributed by atoms with E-state index >= 15 is 0 Å². The van der Waals surface area contributed by atoms with Crippen molar-refractivity contribution in [2.75, 3.05) is 0 Å². The lowest BCUT2D eigenvalue weighted by atomic mass is 10.2. The molecule has 0 spiro atoms. The number of carbonyl (C=O) groups excluding carboxylic acids is 1. The van der Waals surface area contributed by atoms with E-state index in [4.69, 9.17) is 5.11 Å². The average molecular weight is 262 g/mol. The van der Waals surface area contributed by atoms with Gasteiger partial charge in [0.15, 0.2) is 0 Å². The molecule has 0 aliphatic carbocycles. The molecule has 5 heteroatoms. The van der Waals surface area contributed by atoms with Crippen molar-refractivity contribution in [2.24, 2.45) is 0 Å². The van der Waals surface area contributed by atoms with Crippen LogP contribution in [0.5, 0.6) is 5.75 Å². The molecule has 0 fully saturated rings. The minimum Gasteiger partial charge on any atom is -0.508 e. The van der Waals surface area contributed by atoms with E-state index < -0.39 is 0 Å². The number of carbonyl (C=O) groups is 1. The van der Waals surface area contributed by atoms with Crippen molar-refractivity contribution in [3.63, 3.8) is 0 Å². The van der Waals surface area contributed by atoms with Crippen LogP contribution in [0, 0.1) is 6.92 Å². The second kappa shape index (κ2) is 5.64. The first-order valence-electron chi connectivity index (χ1n) is 5.59. The Bertz CT molecular complexity index is 534. The molecule has 1 heterocycles. The van der Waals surface area contributed by atoms with Crippen LogP contribution in [0.2, 0.25) is 0 Å². The van der Waals surface area contributed by atoms with Crippen LogP contribution in [0.3, 0.4) is 0 Å². The summed E-state index contributed by atoms with van der Waals surface area (Å²) in [7, 11) is 0. The van der Waals surface area contributed by atoms with Crippen molar-refractivity contribution in [3.8, 4) is 5.75 Å². The molecule has 0 atom stereocenters. The van der Waals surface area contributed by atoms with E-state index in [1.165, 1.54) is 0 Å². The van der Waals surface area contributed by atoms with Gasteiger partial charge in [-0.1, -0.05) is 12.1 Å². The molecule has 1 amide bonds. The number of aromatic nitrogens is 1. The molecule has 0 bridgehead atoms. The van der Waals surface area contributed by atoms with Crippen molar-refractivity contribution in [1.29, 1.82) is 0 Å². The van der Waals surface area contributed by atoms with Gasteiger partial charge in [-0.25, -0.2) is 4.98 Å². The largest absolute Gasteiger partial charge is 0.508 e. The minimum absolute atomic E-state index is 0.0478. The molecule has 0 radical (unpaired) electrons. The fourth-order valence-electron chi connectivity index (χ4n) is 1.53. The van der Waals surface area contributed by atoms with Crippen molar-refractivity contribution < 1.29 is 9.90 Å². The zero-order valence-electron chi connectivity index (χ0n) is 10.0. The van der Waals surface area contributed by atoms with Gasteiger partial charge in [0.25, 0.3) is 0 Å². The number of thiazole rings is 1. The van der Waals surface area contributed by atoms with E-state index in [0.717, 1.165) is 16.3 Å². The van der Waals surface area contributed by atoms with Gasteiger partial charge in [-0.3, -0.25) is 4.79 Å². The van der Waals surface area contributed by atoms with Crippen LogP contribution in [0.15, 0.2) is 29.6 Å². The molecule has 0 saturated heterocycles. The third-order valence-corrected chi connectivity index (χ3v) is 3.26. The molecule has 2 rings (SSSR count). The maximum Gasteiger partial charge on any atom is 0.226 e. The average Bonchev–Trinajstić information content (AvgIpc) is 2.74. The van der Waals surface area contributed by atoms with Crippen LogP contribution in [0.1, 0.15) is 16.3 Å². The minimum atomic E-state index is -0.0478. The number of nitrogens with zero attached hydrogens (tertiary/aromatic N) is 1. The molecule has 0 aliphatic rings. The maximum absolute atomic E-state index is 11.7. The second-order valence-electron chi connectivity index (χ2n) is 3.98. The standard InChI is InChI=1S/C13H14N2O2S/c1-9-15-11(8-18-9)6-13(17)14-7-10-2-4-12(16)5-3-10/h2-5,8,16H,6-7H2,1H3,(H,14,17). The molecular weight excluding hydrogens is 248 g/mol. The van der Waals surface area contributed by atoms with Gasteiger partial charge < -0.3 is 10.4 Å². The number of hydrogen-bond acceptors (Lipinski definition) is 4. The quantitative estimate of drug-likeness (QED) is 0.886. The lowest BCUT2D eigenvalue weighted by molar-refractivity contribution is -0.120. The molecule has 94 valence electrons. The van der Waals surface area contributed by atoms with Gasteiger partial charge in [0.1, 0.15) is 5.75 Å². The Balaban J connectivity index is 1.83. The van der Waals surface area contributed by atoms with Crippen LogP contribution < -0.4 is 5.32 Å². The molecule has 1 aromatic carbocycles. The zero-order chi connectivity index (χ0) is 13.0. The second-order valence-corrected chi connectivity index (χ2v) is 5.04. The molecule has 18 heavy (non-hydrogen) atoms. The van der Waals surface area contributed by atoms with Gasteiger partial charge in [0, 0.05) is 11.9 Å². The maximum atomic E-state index is 11.7. The van der Waals surface area contributed by atoms with Crippen molar-refractivity contribution >= 4 is 17.2 Å². The predicted octanol–water partition coefficient (Wildman–Crippen LogP) is 2.02. The first-order valence-corrected chi connectivity index (χ1v) is 6.47. The van der Waals surface area contributed by atoms with E-state index in [1.807, 2.05) is 12.3 Å². The fourth-order valence-corrected chi connectivity index (χ4v) is 2.14. The summed E-state index contributed by atoms with van der Waals surface area (Å²) in [4.78, 5) is 15.9. The highest BCUT2D eigenvalue weighted by Crippen LogP contribution is 2.10. The highest BCUT2D eigenvalue weighted by atomic mass is 32.1. The molecule has 4 nitrogen and oxygen atoms in total. The topological polar surface area (TPSA) is 62.2 Å². The lowest BCUT2D eigenvalue weighted by Gasteiger charge is -2.04. The number of aryl methyl sites for hydroxylation is 1. The Morgan fingerprint density at radius 1 is 1.39 bits per heavy atom. The third-order valence-electron chi connectivity index (χ3n) is 2.43. The smallest absolute Gasteiger partial charge is 0.226 e. The van der Waals surface area contributed by atoms with Gasteiger partial charge in [0.05, 0.1) is 17.1 Å². The summed E-state index contributed by atoms with van der Waals surface area (Å²) in [5.41, 5.74) is 1.76. The number of nitrogens with one attached hydrogen (secondary N) is 1. The van der Waals surface area contributed by atoms with Crippen LogP contribution in [0.4, 0.5) is 0 Å². The highest BCUT2D eigenvalue weighted by Gasteiger charge is 2.06. The van der Waals surface area contributed by atoms with Crippen molar-refractivity contribution in [2.45, 2.75) is 19.9 Å². The van der Waals surface area contributed by atoms with E-state index in [2.05, 4.69) is 10.3 Å². The monoisotopic (exact) mass is 262 g/mol. The molecule has 1 aromatic heterocycles. The summed E-state index contributed by atoms with van der Waals surface area (Å²) >= 11 is 1.54. The summed E-state index contributed by atoms with van der Waals surface area (Å²) < 4.78 is 0. The molecule has 2 aromatic rings. The fraction of sp³-hybridized carbons (Fsp3) is 0.231. The Morgan fingerprint density at radius 3 is 2.72 bits per heavy atom. The van der Waals surface area contributed by atoms with E-state index in [1.54, 1.807) is 35.6 Å². The van der Waals surface area contributed by atoms with Gasteiger partial charge in [-0.05, 0) is 24.6 Å². The molecule has 0 saturated carbocycles. The number of benzene rings is 1. The van der Waals surface area contributed by atoms with Crippen molar-refractivity contribution in [3.05, 3.63) is 45.9 Å². The van der Waals surface area contributed by atoms with Gasteiger partial charge in [-0.2, -0.15) is 0 Å². The van der Waals surface area contributed by atoms with Gasteiger partial charge >= 0.3 is 0 Å². The van der Waals surface area contributed by atoms with Crippen LogP contribution in [0.25, 0.3) is 0 Å². The molecule has 0 unspecified atom stereocenters. The summed E-state index contributed by atoms with van der Waals surface area (Å²) in [6.45, 7) is 2.38. The van der Waals surface area contributed by atoms with E-state index in [-0.39, 0.29) is 11.7 Å². The van der Waals surface area contributed by atoms with Crippen LogP contribution in [-0.4, -0.2) is 16.0 Å². The SMILES string of the molecule is Cc1nc(CC(=O)NCc2ccc(O)cc2)cs1. The van der Waals surface area contributed by atoms with Gasteiger partial charge in [-0.15, -0.1) is 11.3 Å². The van der Waals surface area contributed by atoms with Crippen LogP contribution in [-0.2, 0) is 17.8 Å². The zero-order valence-corrected chi connectivity index (χ0v) is 10.8. The van der Waals surface area contributed by atoms with Gasteiger partial charge in [0.2, 0.25) is 5.91 Å². The number of rotatable bonds is 4. The molecular formula is C13H14N2O2S. The Kier molecular flexibility index (Phi) is 3.94. The van der Waals surface area contributed by atoms with E-state index in [0.29, 0.717) is 13.0 Å². The Morgan fingerprint density at radius 2 is 2.11 bits per heavy atom. The summed E-state index contributed by atoms with van der Waals surface area (Å²) in [5.74, 6) is 0.177. The van der Waals surface area contributed by atoms with Crippen molar-refractivity contribution in [1.82, 2.24) is 10.3 Å². The number of phenolic OH excluding ortho intramolecular Hbond substituents is 1. The lowest BCUT2D eigenvalue weighted by Crippen LogP contribution is -2.24. The summed E-state index contributed by atoms with van der Waals surface area (Å²) in [6.07, 6.45) is 0.308. The Labute approximate surface area is 109 Å². The highest BCUT2D eigenvalue weighted by molar-refractivity contribution is 7.09. The molecule has 0 aliphatic heterocycles. The summed E-state index contributed by atoms with van der Waals surface area (Å²) in [6, 6.07) is 6.77. The number of aromatic hydroxyl groups is 1. The normalized spacial score (nSPS) is 10.3. The van der Waals surface area contributed by atoms with E-state index in [9.17, 15) is 4.79 Å². The molecule has 2 N–H and O–H groups in total. The number of phenols is 1. The summed E-state index contributed by atoms with van der Waals surface area (Å²) in [5, 5.41) is 14.8. The first-order chi connectivity index (χ1) is 8.63. The number of amides is 1. The Hall–Kier alpha value is -1.88. The predicted molar refractivity (Wildman–Crippen MR) is 70.5 cm³/mol. The van der Waals surface area contributed by atoms with Crippen LogP contribution >= 0.6 is 11.3 Å². The number of hydrogen-bond donors (Lipinski definition) is 2. The third kappa shape index (κ3) is 3.56. The first kappa shape index (κ1) is 12.6.